The van der Waals surface area contributed by atoms with Crippen LogP contribution < -0.4 is 10.6 Å². The number of hydrogen-bond acceptors (Lipinski definition) is 1. The third kappa shape index (κ3) is 1.09. The molecule has 2 aliphatic heterocycles. The Hall–Kier alpha value is -0.340. The van der Waals surface area contributed by atoms with Crippen molar-refractivity contribution in [1.82, 2.24) is 10.6 Å². The van der Waals surface area contributed by atoms with E-state index in [1.54, 1.807) is 0 Å². The van der Waals surface area contributed by atoms with E-state index in [1.165, 1.54) is 18.4 Å². The molecule has 0 aromatic heterocycles. The highest BCUT2D eigenvalue weighted by molar-refractivity contribution is 5.17. The van der Waals surface area contributed by atoms with Gasteiger partial charge in [0, 0.05) is 19.1 Å². The lowest BCUT2D eigenvalue weighted by molar-refractivity contribution is 0.446. The molecule has 1 fully saturated rings. The Balaban J connectivity index is 2.08. The molecule has 1 radical (unpaired) electrons. The first-order chi connectivity index (χ1) is 4.97. The summed E-state index contributed by atoms with van der Waals surface area (Å²) in [4.78, 5) is 0. The molecule has 0 aliphatic carbocycles. The summed E-state index contributed by atoms with van der Waals surface area (Å²) in [5.41, 5.74) is 1.53. The fourth-order valence-electron chi connectivity index (χ4n) is 1.68. The highest BCUT2D eigenvalue weighted by Crippen LogP contribution is 2.14. The lowest BCUT2D eigenvalue weighted by Crippen LogP contribution is -2.42. The van der Waals surface area contributed by atoms with Crippen molar-refractivity contribution in [1.29, 1.82) is 0 Å². The Morgan fingerprint density at radius 1 is 1.60 bits per heavy atom. The van der Waals surface area contributed by atoms with Crippen molar-refractivity contribution in [2.45, 2.75) is 18.9 Å². The molecule has 2 nitrogen and oxygen atoms in total. The molecule has 0 aromatic carbocycles. The van der Waals surface area contributed by atoms with E-state index in [0.717, 1.165) is 19.6 Å². The monoisotopic (exact) mass is 137 g/mol. The fourth-order valence-corrected chi connectivity index (χ4v) is 1.68. The molecule has 0 saturated carbocycles. The van der Waals surface area contributed by atoms with E-state index in [9.17, 15) is 0 Å². The fraction of sp³-hybridized carbons (Fsp3) is 0.750. The van der Waals surface area contributed by atoms with Crippen LogP contribution in [-0.2, 0) is 0 Å². The largest absolute Gasteiger partial charge is 0.310 e. The van der Waals surface area contributed by atoms with Crippen LogP contribution in [0.1, 0.15) is 12.8 Å². The lowest BCUT2D eigenvalue weighted by atomic mass is 9.96. The topological polar surface area (TPSA) is 26.1 Å². The number of nitrogens with zero attached hydrogens (tertiary/aromatic N) is 1. The van der Waals surface area contributed by atoms with Crippen LogP contribution >= 0.6 is 0 Å². The summed E-state index contributed by atoms with van der Waals surface area (Å²) in [6, 6.07) is 0.672. The second kappa shape index (κ2) is 2.72. The van der Waals surface area contributed by atoms with Gasteiger partial charge in [0.05, 0.1) is 0 Å². The van der Waals surface area contributed by atoms with Gasteiger partial charge < -0.3 is 5.32 Å². The van der Waals surface area contributed by atoms with Crippen LogP contribution in [0.5, 0.6) is 0 Å². The molecule has 55 valence electrons. The zero-order chi connectivity index (χ0) is 6.81. The third-order valence-electron chi connectivity index (χ3n) is 2.26. The number of piperidine rings is 1. The molecule has 2 heteroatoms. The second-order valence-corrected chi connectivity index (χ2v) is 2.97. The van der Waals surface area contributed by atoms with Crippen molar-refractivity contribution >= 4 is 0 Å². The Bertz CT molecular complexity index is 151. The summed E-state index contributed by atoms with van der Waals surface area (Å²) >= 11 is 0. The molecular weight excluding hydrogens is 124 g/mol. The van der Waals surface area contributed by atoms with Gasteiger partial charge in [-0.2, -0.15) is 0 Å². The van der Waals surface area contributed by atoms with Crippen molar-refractivity contribution in [2.24, 2.45) is 0 Å². The number of rotatable bonds is 0. The normalized spacial score (nSPS) is 32.8. The van der Waals surface area contributed by atoms with Gasteiger partial charge in [-0.15, -0.1) is 0 Å². The average Bonchev–Trinajstić information content (AvgIpc) is 2.05. The van der Waals surface area contributed by atoms with E-state index in [0.29, 0.717) is 6.04 Å². The third-order valence-corrected chi connectivity index (χ3v) is 2.26. The second-order valence-electron chi connectivity index (χ2n) is 2.97. The van der Waals surface area contributed by atoms with E-state index in [4.69, 9.17) is 0 Å². The minimum absolute atomic E-state index is 0.672. The van der Waals surface area contributed by atoms with Gasteiger partial charge in [-0.3, -0.25) is 0 Å². The van der Waals surface area contributed by atoms with Crippen LogP contribution in [0, 0.1) is 0 Å². The van der Waals surface area contributed by atoms with Crippen LogP contribution in [0.2, 0.25) is 0 Å². The van der Waals surface area contributed by atoms with E-state index in [-0.39, 0.29) is 0 Å². The summed E-state index contributed by atoms with van der Waals surface area (Å²) in [7, 11) is 0. The number of fused-ring (bicyclic) bond motifs is 1. The Morgan fingerprint density at radius 3 is 3.50 bits per heavy atom. The molecule has 10 heavy (non-hydrogen) atoms. The first-order valence-electron chi connectivity index (χ1n) is 4.02. The Labute approximate surface area is 61.7 Å². The predicted molar refractivity (Wildman–Crippen MR) is 41.0 cm³/mol. The molecule has 0 aromatic rings. The van der Waals surface area contributed by atoms with Gasteiger partial charge >= 0.3 is 0 Å². The first kappa shape index (κ1) is 6.38. The van der Waals surface area contributed by atoms with Crippen LogP contribution in [0.15, 0.2) is 11.6 Å². The molecule has 1 atom stereocenters. The van der Waals surface area contributed by atoms with Crippen LogP contribution in [0.4, 0.5) is 0 Å². The molecule has 0 bridgehead atoms. The minimum atomic E-state index is 0.672. The van der Waals surface area contributed by atoms with E-state index in [1.807, 2.05) is 0 Å². The standard InChI is InChI=1S/C8H13N2/c1-2-7-6-9-5-3-8(7)10-4-1/h2,8,10H,1,3-6H2. The quantitative estimate of drug-likeness (QED) is 0.477. The van der Waals surface area contributed by atoms with E-state index < -0.39 is 0 Å². The summed E-state index contributed by atoms with van der Waals surface area (Å²) in [6.45, 7) is 3.20. The smallest absolute Gasteiger partial charge is 0.0358 e. The van der Waals surface area contributed by atoms with Crippen LogP contribution in [0.25, 0.3) is 0 Å². The van der Waals surface area contributed by atoms with Crippen molar-refractivity contribution in [3.63, 3.8) is 0 Å². The molecule has 0 amide bonds. The van der Waals surface area contributed by atoms with Gasteiger partial charge in [0.15, 0.2) is 0 Å². The molecule has 2 aliphatic rings. The molecule has 2 heterocycles. The molecule has 1 N–H and O–H groups in total. The van der Waals surface area contributed by atoms with Gasteiger partial charge in [0.2, 0.25) is 0 Å². The van der Waals surface area contributed by atoms with Crippen molar-refractivity contribution in [3.8, 4) is 0 Å². The van der Waals surface area contributed by atoms with Crippen LogP contribution in [0.3, 0.4) is 0 Å². The minimum Gasteiger partial charge on any atom is -0.310 e. The summed E-state index contributed by atoms with van der Waals surface area (Å²) in [5, 5.41) is 7.85. The Kier molecular flexibility index (Phi) is 1.74. The lowest BCUT2D eigenvalue weighted by Gasteiger charge is -2.29. The zero-order valence-electron chi connectivity index (χ0n) is 6.14. The van der Waals surface area contributed by atoms with Gasteiger partial charge in [-0.25, -0.2) is 5.32 Å². The summed E-state index contributed by atoms with van der Waals surface area (Å²) in [6.07, 6.45) is 4.76. The molecule has 0 spiro atoms. The Morgan fingerprint density at radius 2 is 2.60 bits per heavy atom. The first-order valence-corrected chi connectivity index (χ1v) is 4.02. The van der Waals surface area contributed by atoms with Gasteiger partial charge in [0.1, 0.15) is 0 Å². The molecular formula is C8H13N2. The number of hydrogen-bond donors (Lipinski definition) is 1. The zero-order valence-corrected chi connectivity index (χ0v) is 6.14. The maximum Gasteiger partial charge on any atom is 0.0358 e. The maximum atomic E-state index is 4.35. The van der Waals surface area contributed by atoms with E-state index in [2.05, 4.69) is 16.7 Å². The van der Waals surface area contributed by atoms with Gasteiger partial charge in [-0.05, 0) is 25.0 Å². The summed E-state index contributed by atoms with van der Waals surface area (Å²) < 4.78 is 0. The average molecular weight is 137 g/mol. The molecule has 2 rings (SSSR count). The van der Waals surface area contributed by atoms with Gasteiger partial charge in [0.25, 0.3) is 0 Å². The van der Waals surface area contributed by atoms with Crippen molar-refractivity contribution in [3.05, 3.63) is 11.6 Å². The summed E-state index contributed by atoms with van der Waals surface area (Å²) in [5.74, 6) is 0. The van der Waals surface area contributed by atoms with Gasteiger partial charge in [-0.1, -0.05) is 6.08 Å². The van der Waals surface area contributed by atoms with Crippen molar-refractivity contribution in [2.75, 3.05) is 19.6 Å². The maximum absolute atomic E-state index is 4.35. The number of nitrogens with one attached hydrogen (secondary N) is 1. The van der Waals surface area contributed by atoms with E-state index >= 15 is 0 Å². The predicted octanol–water partition coefficient (Wildman–Crippen LogP) is 0.283. The molecule has 1 saturated heterocycles. The molecule has 1 unspecified atom stereocenters. The highest BCUT2D eigenvalue weighted by Gasteiger charge is 2.19. The van der Waals surface area contributed by atoms with Crippen LogP contribution in [-0.4, -0.2) is 25.7 Å². The highest BCUT2D eigenvalue weighted by atomic mass is 15.0. The SMILES string of the molecule is C1=C2C[N]CCC2NCC1. The van der Waals surface area contributed by atoms with Crippen molar-refractivity contribution < 1.29 is 0 Å².